The fourth-order valence-electron chi connectivity index (χ4n) is 3.23. The van der Waals surface area contributed by atoms with Gasteiger partial charge in [0.1, 0.15) is 0 Å². The Bertz CT molecular complexity index is 1190. The van der Waals surface area contributed by atoms with Crippen LogP contribution < -0.4 is 0 Å². The Balaban J connectivity index is 1.76. The molecule has 0 aliphatic carbocycles. The van der Waals surface area contributed by atoms with Gasteiger partial charge in [0.2, 0.25) is 0 Å². The summed E-state index contributed by atoms with van der Waals surface area (Å²) in [5.74, 6) is 0. The van der Waals surface area contributed by atoms with E-state index >= 15 is 0 Å². The first-order valence-electron chi connectivity index (χ1n) is 9.44. The maximum Gasteiger partial charge on any atom is 0.269 e. The average molecular weight is 537 g/mol. The molecule has 0 N–H and O–H groups in total. The van der Waals surface area contributed by atoms with Gasteiger partial charge in [-0.15, -0.1) is 34.4 Å². The van der Waals surface area contributed by atoms with Crippen LogP contribution in [0.5, 0.6) is 0 Å². The average Bonchev–Trinajstić information content (AvgIpc) is 3.43. The molecular weight excluding hydrogens is 523 g/mol. The molecule has 0 amide bonds. The lowest BCUT2D eigenvalue weighted by molar-refractivity contribution is -0.385. The van der Waals surface area contributed by atoms with E-state index in [1.54, 1.807) is 36.0 Å². The van der Waals surface area contributed by atoms with E-state index in [-0.39, 0.29) is 21.9 Å². The molecule has 4 aromatic rings. The van der Waals surface area contributed by atoms with Crippen LogP contribution in [0.2, 0.25) is 10.0 Å². The Hall–Kier alpha value is -2.43. The number of rotatable bonds is 8. The van der Waals surface area contributed by atoms with Crippen LogP contribution in [0.4, 0.5) is 11.4 Å². The summed E-state index contributed by atoms with van der Waals surface area (Å²) in [6, 6.07) is 16.7. The molecule has 6 nitrogen and oxygen atoms in total. The molecule has 0 saturated heterocycles. The van der Waals surface area contributed by atoms with Crippen molar-refractivity contribution in [2.24, 2.45) is 0 Å². The SMILES string of the molecule is O=[N+]([O-])c1ccc(C(SC(c2ccc([N+](=O)[O-])cc2)c2cc(Cl)cs2)c2cc(Cl)cs2)cc1. The molecule has 11 heteroatoms. The van der Waals surface area contributed by atoms with Crippen LogP contribution in [-0.2, 0) is 0 Å². The third-order valence-electron chi connectivity index (χ3n) is 4.78. The van der Waals surface area contributed by atoms with E-state index in [0.29, 0.717) is 10.0 Å². The van der Waals surface area contributed by atoms with Gasteiger partial charge in [-0.3, -0.25) is 20.2 Å². The smallest absolute Gasteiger partial charge is 0.258 e. The number of nitro benzene ring substituents is 2. The van der Waals surface area contributed by atoms with Crippen molar-refractivity contribution in [1.29, 1.82) is 0 Å². The standard InChI is InChI=1S/C22H14Cl2N2O4S3/c23-15-9-19(31-11-15)21(13-1-5-17(6-2-13)25(27)28)33-22(20-10-16(24)12-32-20)14-3-7-18(8-4-14)26(29)30/h1-12,21-22H. The summed E-state index contributed by atoms with van der Waals surface area (Å²) in [7, 11) is 0. The van der Waals surface area contributed by atoms with Gasteiger partial charge in [-0.25, -0.2) is 0 Å². The third kappa shape index (κ3) is 5.56. The lowest BCUT2D eigenvalue weighted by Gasteiger charge is -2.23. The monoisotopic (exact) mass is 536 g/mol. The minimum atomic E-state index is -0.429. The van der Waals surface area contributed by atoms with Gasteiger partial charge in [0.05, 0.1) is 30.4 Å². The van der Waals surface area contributed by atoms with E-state index in [4.69, 9.17) is 23.2 Å². The Kier molecular flexibility index (Phi) is 7.35. The van der Waals surface area contributed by atoms with Gasteiger partial charge >= 0.3 is 0 Å². The summed E-state index contributed by atoms with van der Waals surface area (Å²) in [5.41, 5.74) is 1.81. The zero-order valence-corrected chi connectivity index (χ0v) is 20.6. The Morgan fingerprint density at radius 1 is 0.697 bits per heavy atom. The minimum Gasteiger partial charge on any atom is -0.258 e. The lowest BCUT2D eigenvalue weighted by Crippen LogP contribution is -2.02. The second-order valence-electron chi connectivity index (χ2n) is 6.93. The molecule has 2 heterocycles. The predicted molar refractivity (Wildman–Crippen MR) is 136 cm³/mol. The zero-order chi connectivity index (χ0) is 23.5. The molecule has 0 fully saturated rings. The maximum absolute atomic E-state index is 11.1. The number of non-ortho nitro benzene ring substituents is 2. The second kappa shape index (κ2) is 10.2. The second-order valence-corrected chi connectivity index (χ2v) is 10.9. The molecule has 4 rings (SSSR count). The molecule has 2 aromatic carbocycles. The van der Waals surface area contributed by atoms with Crippen molar-refractivity contribution in [2.45, 2.75) is 10.5 Å². The van der Waals surface area contributed by atoms with Crippen molar-refractivity contribution >= 4 is 69.0 Å². The van der Waals surface area contributed by atoms with Gasteiger partial charge in [0.25, 0.3) is 11.4 Å². The summed E-state index contributed by atoms with van der Waals surface area (Å²) in [6.07, 6.45) is 0. The molecular formula is C22H14Cl2N2O4S3. The van der Waals surface area contributed by atoms with Crippen LogP contribution in [-0.4, -0.2) is 9.85 Å². The van der Waals surface area contributed by atoms with E-state index in [9.17, 15) is 20.2 Å². The van der Waals surface area contributed by atoms with Crippen molar-refractivity contribution in [3.8, 4) is 0 Å². The first-order chi connectivity index (χ1) is 15.8. The van der Waals surface area contributed by atoms with Crippen LogP contribution in [0.15, 0.2) is 71.4 Å². The molecule has 168 valence electrons. The highest BCUT2D eigenvalue weighted by Gasteiger charge is 2.26. The summed E-state index contributed by atoms with van der Waals surface area (Å²) in [4.78, 5) is 23.3. The molecule has 2 aromatic heterocycles. The lowest BCUT2D eigenvalue weighted by atomic mass is 10.1. The van der Waals surface area contributed by atoms with Crippen molar-refractivity contribution in [3.63, 3.8) is 0 Å². The normalized spacial score (nSPS) is 12.9. The van der Waals surface area contributed by atoms with Crippen LogP contribution in [0.3, 0.4) is 0 Å². The number of nitro groups is 2. The Morgan fingerprint density at radius 2 is 1.06 bits per heavy atom. The maximum atomic E-state index is 11.1. The largest absolute Gasteiger partial charge is 0.269 e. The van der Waals surface area contributed by atoms with Crippen molar-refractivity contribution in [3.05, 3.63) is 123 Å². The van der Waals surface area contributed by atoms with Crippen molar-refractivity contribution < 1.29 is 9.85 Å². The van der Waals surface area contributed by atoms with E-state index in [2.05, 4.69) is 0 Å². The first kappa shape index (κ1) is 23.7. The van der Waals surface area contributed by atoms with Crippen LogP contribution in [0, 0.1) is 20.2 Å². The molecule has 0 bridgehead atoms. The van der Waals surface area contributed by atoms with Gasteiger partial charge in [0, 0.05) is 44.8 Å². The summed E-state index contributed by atoms with van der Waals surface area (Å²) in [6.45, 7) is 0. The van der Waals surface area contributed by atoms with Crippen LogP contribution >= 0.6 is 57.6 Å². The number of nitrogens with zero attached hydrogens (tertiary/aromatic N) is 2. The molecule has 33 heavy (non-hydrogen) atoms. The highest BCUT2D eigenvalue weighted by atomic mass is 35.5. The molecule has 2 unspecified atom stereocenters. The third-order valence-corrected chi connectivity index (χ3v) is 9.36. The molecule has 2 atom stereocenters. The van der Waals surface area contributed by atoms with Gasteiger partial charge in [-0.05, 0) is 23.3 Å². The summed E-state index contributed by atoms with van der Waals surface area (Å²) < 4.78 is 0. The molecule has 0 aliphatic heterocycles. The topological polar surface area (TPSA) is 86.3 Å². The number of thioether (sulfide) groups is 1. The number of hydrogen-bond acceptors (Lipinski definition) is 7. The van der Waals surface area contributed by atoms with Crippen molar-refractivity contribution in [2.75, 3.05) is 0 Å². The number of hydrogen-bond donors (Lipinski definition) is 0. The van der Waals surface area contributed by atoms with Crippen LogP contribution in [0.25, 0.3) is 0 Å². The van der Waals surface area contributed by atoms with Gasteiger partial charge in [0.15, 0.2) is 0 Å². The fraction of sp³-hybridized carbons (Fsp3) is 0.0909. The number of thiophene rings is 2. The summed E-state index contributed by atoms with van der Waals surface area (Å²) in [5, 5.41) is 26.8. The minimum absolute atomic E-state index is 0.0173. The zero-order valence-electron chi connectivity index (χ0n) is 16.6. The van der Waals surface area contributed by atoms with Crippen LogP contribution in [0.1, 0.15) is 31.4 Å². The fourth-order valence-corrected chi connectivity index (χ4v) is 7.38. The first-order valence-corrected chi connectivity index (χ1v) is 12.9. The quantitative estimate of drug-likeness (QED) is 0.166. The van der Waals surface area contributed by atoms with Gasteiger partial charge in [-0.1, -0.05) is 47.5 Å². The van der Waals surface area contributed by atoms with E-state index in [0.717, 1.165) is 20.9 Å². The van der Waals surface area contributed by atoms with E-state index < -0.39 is 9.85 Å². The highest BCUT2D eigenvalue weighted by Crippen LogP contribution is 2.51. The van der Waals surface area contributed by atoms with Gasteiger partial charge in [-0.2, -0.15) is 0 Å². The van der Waals surface area contributed by atoms with Gasteiger partial charge < -0.3 is 0 Å². The Morgan fingerprint density at radius 3 is 1.33 bits per heavy atom. The Labute approximate surface area is 211 Å². The van der Waals surface area contributed by atoms with Crippen molar-refractivity contribution in [1.82, 2.24) is 0 Å². The number of halogens is 2. The summed E-state index contributed by atoms with van der Waals surface area (Å²) >= 11 is 17.1. The number of benzene rings is 2. The molecule has 0 aliphatic rings. The highest BCUT2D eigenvalue weighted by molar-refractivity contribution is 8.00. The van der Waals surface area contributed by atoms with E-state index in [1.807, 2.05) is 22.9 Å². The molecule has 0 spiro atoms. The molecule has 0 saturated carbocycles. The predicted octanol–water partition coefficient (Wildman–Crippen LogP) is 8.55. The van der Waals surface area contributed by atoms with E-state index in [1.165, 1.54) is 46.9 Å². The molecule has 0 radical (unpaired) electrons.